The van der Waals surface area contributed by atoms with Gasteiger partial charge in [-0.1, -0.05) is 6.07 Å². The molecule has 3 saturated carbocycles. The van der Waals surface area contributed by atoms with Crippen LogP contribution in [0, 0.1) is 18.8 Å². The van der Waals surface area contributed by atoms with Crippen LogP contribution >= 0.6 is 0 Å². The third-order valence-corrected chi connectivity index (χ3v) is 9.50. The second kappa shape index (κ2) is 5.99. The summed E-state index contributed by atoms with van der Waals surface area (Å²) < 4.78 is 12.8. The highest BCUT2D eigenvalue weighted by Crippen LogP contribution is 2.69. The van der Waals surface area contributed by atoms with E-state index in [0.717, 1.165) is 24.2 Å². The Morgan fingerprint density at radius 3 is 2.72 bits per heavy atom. The molecule has 4 nitrogen and oxygen atoms in total. The van der Waals surface area contributed by atoms with Gasteiger partial charge < -0.3 is 14.4 Å². The quantitative estimate of drug-likeness (QED) is 0.759. The number of likely N-dealkylation sites (N-methyl/N-ethyl adjacent to an activating group) is 1. The molecule has 3 aliphatic carbocycles. The van der Waals surface area contributed by atoms with Gasteiger partial charge in [0.15, 0.2) is 0 Å². The number of benzene rings is 1. The molecule has 4 heteroatoms. The minimum atomic E-state index is -0.0142. The van der Waals surface area contributed by atoms with Crippen LogP contribution in [0.4, 0.5) is 0 Å². The Kier molecular flexibility index (Phi) is 3.85. The summed E-state index contributed by atoms with van der Waals surface area (Å²) in [5.74, 6) is 2.73. The van der Waals surface area contributed by atoms with Crippen molar-refractivity contribution in [2.45, 2.75) is 68.0 Å². The number of ether oxygens (including phenoxy) is 2. The third kappa shape index (κ3) is 2.31. The Morgan fingerprint density at radius 1 is 1.24 bits per heavy atom. The molecule has 0 radical (unpaired) electrons. The maximum Gasteiger partial charge on any atom is 0.119 e. The van der Waals surface area contributed by atoms with E-state index in [1.807, 2.05) is 0 Å². The number of fused-ring (bicyclic) bond motifs is 3. The van der Waals surface area contributed by atoms with Crippen LogP contribution in [0.15, 0.2) is 18.2 Å². The van der Waals surface area contributed by atoms with Crippen LogP contribution in [0.3, 0.4) is 0 Å². The lowest BCUT2D eigenvalue weighted by Crippen LogP contribution is -2.75. The summed E-state index contributed by atoms with van der Waals surface area (Å²) >= 11 is 0. The zero-order valence-corrected chi connectivity index (χ0v) is 18.5. The molecule has 0 N–H and O–H groups in total. The van der Waals surface area contributed by atoms with E-state index in [2.05, 4.69) is 49.0 Å². The minimum Gasteiger partial charge on any atom is -0.497 e. The fraction of sp³-hybridized carbons (Fsp3) is 0.760. The lowest BCUT2D eigenvalue weighted by Gasteiger charge is -2.66. The molecule has 0 aromatic heterocycles. The van der Waals surface area contributed by atoms with Crippen LogP contribution in [0.5, 0.6) is 5.75 Å². The van der Waals surface area contributed by atoms with Crippen molar-refractivity contribution in [2.24, 2.45) is 11.8 Å². The van der Waals surface area contributed by atoms with Gasteiger partial charge in [0.05, 0.1) is 19.3 Å². The zero-order chi connectivity index (χ0) is 20.0. The predicted molar refractivity (Wildman–Crippen MR) is 115 cm³/mol. The van der Waals surface area contributed by atoms with Gasteiger partial charge in [-0.05, 0) is 94.6 Å². The highest BCUT2D eigenvalue weighted by molar-refractivity contribution is 5.48. The monoisotopic (exact) mass is 396 g/mol. The second-order valence-corrected chi connectivity index (χ2v) is 11.0. The van der Waals surface area contributed by atoms with Crippen LogP contribution in [0.1, 0.15) is 49.7 Å². The number of hydrogen-bond acceptors (Lipinski definition) is 4. The van der Waals surface area contributed by atoms with Crippen molar-refractivity contribution < 1.29 is 9.47 Å². The van der Waals surface area contributed by atoms with E-state index >= 15 is 0 Å². The van der Waals surface area contributed by atoms with Crippen molar-refractivity contribution in [3.05, 3.63) is 29.3 Å². The number of likely N-dealkylation sites (tertiary alicyclic amines) is 1. The van der Waals surface area contributed by atoms with E-state index in [1.54, 1.807) is 7.11 Å². The Morgan fingerprint density at radius 2 is 2.07 bits per heavy atom. The van der Waals surface area contributed by atoms with Crippen molar-refractivity contribution in [2.75, 3.05) is 40.9 Å². The van der Waals surface area contributed by atoms with E-state index in [-0.39, 0.29) is 16.6 Å². The Bertz CT molecular complexity index is 824. The molecule has 2 bridgehead atoms. The van der Waals surface area contributed by atoms with Crippen LogP contribution in [-0.2, 0) is 10.2 Å². The molecule has 0 amide bonds. The van der Waals surface area contributed by atoms with Crippen LogP contribution in [0.2, 0.25) is 0 Å². The Balaban J connectivity index is 1.48. The number of aryl methyl sites for hydroxylation is 1. The first-order chi connectivity index (χ1) is 13.9. The van der Waals surface area contributed by atoms with Gasteiger partial charge in [-0.25, -0.2) is 0 Å². The van der Waals surface area contributed by atoms with Gasteiger partial charge >= 0.3 is 0 Å². The number of rotatable bonds is 5. The van der Waals surface area contributed by atoms with Crippen molar-refractivity contribution in [1.82, 2.24) is 9.80 Å². The van der Waals surface area contributed by atoms with Crippen LogP contribution in [-0.4, -0.2) is 67.9 Å². The molecule has 3 saturated heterocycles. The van der Waals surface area contributed by atoms with Gasteiger partial charge in [0.25, 0.3) is 0 Å². The summed E-state index contributed by atoms with van der Waals surface area (Å²) in [6, 6.07) is 7.35. The fourth-order valence-corrected chi connectivity index (χ4v) is 7.80. The summed E-state index contributed by atoms with van der Waals surface area (Å²) in [5, 5.41) is 0. The highest BCUT2D eigenvalue weighted by atomic mass is 16.5. The number of methoxy groups -OCH3 is 1. The zero-order valence-electron chi connectivity index (χ0n) is 18.5. The molecule has 1 spiro atoms. The number of nitrogens with zero attached hydrogens (tertiary/aromatic N) is 2. The molecule has 3 heterocycles. The highest BCUT2D eigenvalue weighted by Gasteiger charge is 2.76. The Labute approximate surface area is 175 Å². The standard InChI is InChI=1S/C25H36N2O2/c1-17-5-8-20(28-4)11-21(17)24-12-19-14-27(13-18-6-7-18)22(19)25(24)10-9-23(15-24,16-29-25)26(2)3/h5,8,11,18-19,22H,6-7,9-10,12-16H2,1-4H3/t19?,22-,23+,24-,25-/m1/s1. The van der Waals surface area contributed by atoms with Gasteiger partial charge in [0, 0.05) is 30.1 Å². The van der Waals surface area contributed by atoms with Gasteiger partial charge in [0.2, 0.25) is 0 Å². The first-order valence-corrected chi connectivity index (χ1v) is 11.6. The molecule has 3 aliphatic heterocycles. The van der Waals surface area contributed by atoms with Crippen LogP contribution < -0.4 is 4.74 Å². The lowest BCUT2D eigenvalue weighted by molar-refractivity contribution is -0.248. The molecule has 5 atom stereocenters. The first kappa shape index (κ1) is 18.7. The van der Waals surface area contributed by atoms with E-state index in [9.17, 15) is 0 Å². The molecule has 7 rings (SSSR count). The summed E-state index contributed by atoms with van der Waals surface area (Å²) in [6.07, 6.45) is 7.85. The maximum absolute atomic E-state index is 7.08. The average Bonchev–Trinajstić information content (AvgIpc) is 3.49. The fourth-order valence-electron chi connectivity index (χ4n) is 7.80. The topological polar surface area (TPSA) is 24.9 Å². The maximum atomic E-state index is 7.08. The SMILES string of the molecule is COc1ccc(C)c([C@]23CC4CN(CC5CC5)[C@H]4[C@]24CC[C@@](N(C)C)(CO4)C3)c1. The summed E-state index contributed by atoms with van der Waals surface area (Å²) in [4.78, 5) is 5.28. The predicted octanol–water partition coefficient (Wildman–Crippen LogP) is 3.61. The summed E-state index contributed by atoms with van der Waals surface area (Å²) in [7, 11) is 6.32. The van der Waals surface area contributed by atoms with Gasteiger partial charge in [-0.15, -0.1) is 0 Å². The second-order valence-electron chi connectivity index (χ2n) is 11.0. The molecule has 1 aromatic rings. The summed E-state index contributed by atoms with van der Waals surface area (Å²) in [5.41, 5.74) is 3.18. The molecule has 1 unspecified atom stereocenters. The molecule has 6 aliphatic rings. The molecule has 29 heavy (non-hydrogen) atoms. The lowest BCUT2D eigenvalue weighted by atomic mass is 9.53. The smallest absolute Gasteiger partial charge is 0.119 e. The third-order valence-electron chi connectivity index (χ3n) is 9.50. The van der Waals surface area contributed by atoms with Crippen molar-refractivity contribution >= 4 is 0 Å². The van der Waals surface area contributed by atoms with E-state index in [0.29, 0.717) is 6.04 Å². The number of hydrogen-bond donors (Lipinski definition) is 0. The van der Waals surface area contributed by atoms with E-state index in [4.69, 9.17) is 9.47 Å². The largest absolute Gasteiger partial charge is 0.497 e. The molecule has 6 fully saturated rings. The molecule has 158 valence electrons. The summed E-state index contributed by atoms with van der Waals surface area (Å²) in [6.45, 7) is 5.78. The van der Waals surface area contributed by atoms with E-state index in [1.165, 1.54) is 62.7 Å². The van der Waals surface area contributed by atoms with Gasteiger partial charge in [-0.3, -0.25) is 4.90 Å². The van der Waals surface area contributed by atoms with Crippen molar-refractivity contribution in [1.29, 1.82) is 0 Å². The molecular weight excluding hydrogens is 360 g/mol. The molecule has 1 aromatic carbocycles. The van der Waals surface area contributed by atoms with E-state index < -0.39 is 0 Å². The first-order valence-electron chi connectivity index (χ1n) is 11.6. The van der Waals surface area contributed by atoms with Crippen molar-refractivity contribution in [3.8, 4) is 5.75 Å². The van der Waals surface area contributed by atoms with Crippen molar-refractivity contribution in [3.63, 3.8) is 0 Å². The average molecular weight is 397 g/mol. The van der Waals surface area contributed by atoms with Gasteiger partial charge in [-0.2, -0.15) is 0 Å². The van der Waals surface area contributed by atoms with Crippen LogP contribution in [0.25, 0.3) is 0 Å². The Hall–Kier alpha value is -1.10. The molecular formula is C25H36N2O2. The van der Waals surface area contributed by atoms with Gasteiger partial charge in [0.1, 0.15) is 5.75 Å². The normalized spacial score (nSPS) is 43.2. The minimum absolute atomic E-state index is 0.0142.